The van der Waals surface area contributed by atoms with Crippen molar-refractivity contribution in [3.63, 3.8) is 0 Å². The zero-order valence-corrected chi connectivity index (χ0v) is 15.4. The first-order valence-corrected chi connectivity index (χ1v) is 9.18. The predicted molar refractivity (Wildman–Crippen MR) is 110 cm³/mol. The van der Waals surface area contributed by atoms with E-state index in [2.05, 4.69) is 57.9 Å². The molecule has 4 rings (SSSR count). The number of hydrogen-bond acceptors (Lipinski definition) is 3. The van der Waals surface area contributed by atoms with Gasteiger partial charge in [0.2, 0.25) is 0 Å². The molecular weight excluding hydrogens is 334 g/mol. The maximum atomic E-state index is 5.34. The number of nitrogens with one attached hydrogen (secondary N) is 2. The second-order valence-electron chi connectivity index (χ2n) is 6.57. The Kier molecular flexibility index (Phi) is 5.17. The molecule has 2 aromatic carbocycles. The molecule has 0 aliphatic carbocycles. The van der Waals surface area contributed by atoms with Gasteiger partial charge in [0.1, 0.15) is 5.75 Å². The summed E-state index contributed by atoms with van der Waals surface area (Å²) in [6.07, 6.45) is 4.89. The molecule has 4 aromatic rings. The smallest absolute Gasteiger partial charge is 0.119 e. The lowest BCUT2D eigenvalue weighted by Crippen LogP contribution is -2.16. The van der Waals surface area contributed by atoms with Gasteiger partial charge in [0, 0.05) is 35.4 Å². The van der Waals surface area contributed by atoms with Gasteiger partial charge in [-0.25, -0.2) is 0 Å². The zero-order valence-electron chi connectivity index (χ0n) is 15.4. The van der Waals surface area contributed by atoms with Crippen LogP contribution in [0.3, 0.4) is 0 Å². The summed E-state index contributed by atoms with van der Waals surface area (Å²) in [4.78, 5) is 7.76. The molecule has 0 spiro atoms. The van der Waals surface area contributed by atoms with Crippen molar-refractivity contribution in [2.45, 2.75) is 13.0 Å². The molecule has 0 fully saturated rings. The van der Waals surface area contributed by atoms with E-state index < -0.39 is 0 Å². The van der Waals surface area contributed by atoms with Crippen molar-refractivity contribution >= 4 is 10.9 Å². The first-order chi connectivity index (χ1) is 13.3. The van der Waals surface area contributed by atoms with Gasteiger partial charge in [-0.3, -0.25) is 4.98 Å². The Hall–Kier alpha value is -3.11. The van der Waals surface area contributed by atoms with Gasteiger partial charge in [-0.1, -0.05) is 24.3 Å². The summed E-state index contributed by atoms with van der Waals surface area (Å²) < 4.78 is 5.34. The molecule has 0 saturated carbocycles. The van der Waals surface area contributed by atoms with Crippen LogP contribution < -0.4 is 10.1 Å². The van der Waals surface area contributed by atoms with Crippen LogP contribution in [0.25, 0.3) is 22.2 Å². The Balaban J connectivity index is 1.37. The molecule has 0 unspecified atom stereocenters. The second-order valence-corrected chi connectivity index (χ2v) is 6.57. The van der Waals surface area contributed by atoms with Gasteiger partial charge in [-0.05, 0) is 60.5 Å². The Morgan fingerprint density at radius 1 is 1.04 bits per heavy atom. The van der Waals surface area contributed by atoms with Crippen LogP contribution in [0.1, 0.15) is 11.1 Å². The molecule has 4 heteroatoms. The molecular formula is C23H23N3O. The number of ether oxygens (including phenoxy) is 1. The molecule has 0 bridgehead atoms. The van der Waals surface area contributed by atoms with E-state index in [0.29, 0.717) is 0 Å². The molecule has 2 aromatic heterocycles. The lowest BCUT2D eigenvalue weighted by molar-refractivity contribution is 0.415. The summed E-state index contributed by atoms with van der Waals surface area (Å²) in [6.45, 7) is 1.75. The van der Waals surface area contributed by atoms with Gasteiger partial charge in [0.25, 0.3) is 0 Å². The summed E-state index contributed by atoms with van der Waals surface area (Å²) in [7, 11) is 1.70. The Bertz CT molecular complexity index is 1020. The Labute approximate surface area is 159 Å². The molecule has 136 valence electrons. The van der Waals surface area contributed by atoms with E-state index >= 15 is 0 Å². The van der Waals surface area contributed by atoms with Crippen LogP contribution in [0.5, 0.6) is 5.75 Å². The first kappa shape index (κ1) is 17.3. The van der Waals surface area contributed by atoms with Crippen LogP contribution in [0, 0.1) is 0 Å². The molecule has 0 atom stereocenters. The highest BCUT2D eigenvalue weighted by atomic mass is 16.5. The summed E-state index contributed by atoms with van der Waals surface area (Å²) in [5.74, 6) is 0.891. The summed E-state index contributed by atoms with van der Waals surface area (Å²) in [5, 5.41) is 4.78. The summed E-state index contributed by atoms with van der Waals surface area (Å²) in [5.41, 5.74) is 5.87. The standard InChI is InChI=1S/C23H23N3O/c1-27-20-8-9-23-21(14-20)19(16-26-23)10-12-24-15-17-5-4-6-18(13-17)22-7-2-3-11-25-22/h2-9,11,13-14,16,24,26H,10,12,15H2,1H3. The SMILES string of the molecule is COc1ccc2[nH]cc(CCNCc3cccc(-c4ccccn4)c3)c2c1. The van der Waals surface area contributed by atoms with Crippen molar-refractivity contribution < 1.29 is 4.74 Å². The van der Waals surface area contributed by atoms with Crippen molar-refractivity contribution in [2.24, 2.45) is 0 Å². The number of H-pyrrole nitrogens is 1. The normalized spacial score (nSPS) is 11.0. The second kappa shape index (κ2) is 8.06. The lowest BCUT2D eigenvalue weighted by atomic mass is 10.1. The predicted octanol–water partition coefficient (Wildman–Crippen LogP) is 4.57. The number of rotatable bonds is 7. The van der Waals surface area contributed by atoms with Gasteiger partial charge in [0.05, 0.1) is 12.8 Å². The molecule has 2 heterocycles. The van der Waals surface area contributed by atoms with Crippen LogP contribution in [-0.2, 0) is 13.0 Å². The van der Waals surface area contributed by atoms with Crippen LogP contribution in [0.2, 0.25) is 0 Å². The van der Waals surface area contributed by atoms with Crippen LogP contribution in [0.4, 0.5) is 0 Å². The van der Waals surface area contributed by atoms with Gasteiger partial charge in [0.15, 0.2) is 0 Å². The van der Waals surface area contributed by atoms with Crippen molar-refractivity contribution in [1.29, 1.82) is 0 Å². The van der Waals surface area contributed by atoms with Crippen LogP contribution in [0.15, 0.2) is 73.1 Å². The third-order valence-corrected chi connectivity index (χ3v) is 4.76. The van der Waals surface area contributed by atoms with Crippen LogP contribution in [-0.4, -0.2) is 23.6 Å². The molecule has 4 nitrogen and oxygen atoms in total. The fraction of sp³-hybridized carbons (Fsp3) is 0.174. The fourth-order valence-corrected chi connectivity index (χ4v) is 3.32. The van der Waals surface area contributed by atoms with Crippen molar-refractivity contribution in [3.05, 3.63) is 84.2 Å². The zero-order chi connectivity index (χ0) is 18.5. The molecule has 27 heavy (non-hydrogen) atoms. The number of pyridine rings is 1. The van der Waals surface area contributed by atoms with Crippen LogP contribution >= 0.6 is 0 Å². The van der Waals surface area contributed by atoms with Crippen molar-refractivity contribution in [1.82, 2.24) is 15.3 Å². The number of benzene rings is 2. The number of aromatic nitrogens is 2. The highest BCUT2D eigenvalue weighted by Crippen LogP contribution is 2.24. The van der Waals surface area contributed by atoms with E-state index in [-0.39, 0.29) is 0 Å². The molecule has 0 amide bonds. The van der Waals surface area contributed by atoms with Gasteiger partial charge in [-0.2, -0.15) is 0 Å². The third kappa shape index (κ3) is 4.01. The van der Waals surface area contributed by atoms with E-state index in [1.807, 2.05) is 30.5 Å². The number of aromatic amines is 1. The number of nitrogens with zero attached hydrogens (tertiary/aromatic N) is 1. The minimum absolute atomic E-state index is 0.840. The average molecular weight is 357 g/mol. The number of fused-ring (bicyclic) bond motifs is 1. The monoisotopic (exact) mass is 357 g/mol. The van der Waals surface area contributed by atoms with E-state index in [0.717, 1.165) is 42.0 Å². The number of methoxy groups -OCH3 is 1. The van der Waals surface area contributed by atoms with Crippen molar-refractivity contribution in [2.75, 3.05) is 13.7 Å². The maximum absolute atomic E-state index is 5.34. The average Bonchev–Trinajstić information content (AvgIpc) is 3.14. The maximum Gasteiger partial charge on any atom is 0.119 e. The molecule has 0 radical (unpaired) electrons. The number of hydrogen-bond donors (Lipinski definition) is 2. The van der Waals surface area contributed by atoms with E-state index in [9.17, 15) is 0 Å². The minimum atomic E-state index is 0.840. The van der Waals surface area contributed by atoms with Gasteiger partial charge >= 0.3 is 0 Å². The first-order valence-electron chi connectivity index (χ1n) is 9.18. The summed E-state index contributed by atoms with van der Waals surface area (Å²) >= 11 is 0. The molecule has 2 N–H and O–H groups in total. The van der Waals surface area contributed by atoms with Gasteiger partial charge in [-0.15, -0.1) is 0 Å². The largest absolute Gasteiger partial charge is 0.497 e. The topological polar surface area (TPSA) is 49.9 Å². The highest BCUT2D eigenvalue weighted by molar-refractivity contribution is 5.84. The Morgan fingerprint density at radius 2 is 2.00 bits per heavy atom. The quantitative estimate of drug-likeness (QED) is 0.476. The van der Waals surface area contributed by atoms with Gasteiger partial charge < -0.3 is 15.0 Å². The molecule has 0 aliphatic heterocycles. The van der Waals surface area contributed by atoms with E-state index in [1.54, 1.807) is 7.11 Å². The fourth-order valence-electron chi connectivity index (χ4n) is 3.32. The van der Waals surface area contributed by atoms with E-state index in [4.69, 9.17) is 4.74 Å². The minimum Gasteiger partial charge on any atom is -0.497 e. The molecule has 0 saturated heterocycles. The highest BCUT2D eigenvalue weighted by Gasteiger charge is 2.05. The summed E-state index contributed by atoms with van der Waals surface area (Å²) in [6, 6.07) is 20.7. The van der Waals surface area contributed by atoms with Crippen molar-refractivity contribution in [3.8, 4) is 17.0 Å². The lowest BCUT2D eigenvalue weighted by Gasteiger charge is -2.07. The third-order valence-electron chi connectivity index (χ3n) is 4.76. The molecule has 0 aliphatic rings. The Morgan fingerprint density at radius 3 is 2.85 bits per heavy atom. The van der Waals surface area contributed by atoms with E-state index in [1.165, 1.54) is 16.5 Å².